The van der Waals surface area contributed by atoms with Crippen molar-refractivity contribution >= 4 is 22.7 Å². The third kappa shape index (κ3) is 6.61. The van der Waals surface area contributed by atoms with Gasteiger partial charge in [-0.15, -0.1) is 0 Å². The maximum atomic E-state index is 12.3. The molecule has 0 radical (unpaired) electrons. The molecule has 2 atom stereocenters. The van der Waals surface area contributed by atoms with Gasteiger partial charge in [0.25, 0.3) is 0 Å². The number of carboxylic acids is 1. The van der Waals surface area contributed by atoms with Crippen molar-refractivity contribution in [1.29, 1.82) is 0 Å². The third-order valence-corrected chi connectivity index (χ3v) is 5.16. The molecule has 3 aromatic rings. The highest BCUT2D eigenvalue weighted by atomic mass is 16.7. The fraction of sp³-hybridized carbons (Fsp3) is 0.308. The molecule has 0 unspecified atom stereocenters. The average Bonchev–Trinajstić information content (AvgIpc) is 3.16. The number of ether oxygens (including phenoxy) is 3. The summed E-state index contributed by atoms with van der Waals surface area (Å²) < 4.78 is 16.2. The van der Waals surface area contributed by atoms with Crippen molar-refractivity contribution in [2.45, 2.75) is 38.7 Å². The monoisotopic (exact) mass is 451 g/mol. The molecule has 1 aliphatic rings. The number of carbonyl (C=O) groups is 2. The van der Waals surface area contributed by atoms with Crippen molar-refractivity contribution in [3.63, 3.8) is 0 Å². The molecule has 0 aliphatic carbocycles. The van der Waals surface area contributed by atoms with Crippen molar-refractivity contribution in [2.24, 2.45) is 0 Å². The van der Waals surface area contributed by atoms with Crippen LogP contribution in [0.3, 0.4) is 0 Å². The molecular weight excluding hydrogens is 422 g/mol. The first kappa shape index (κ1) is 24.4. The summed E-state index contributed by atoms with van der Waals surface area (Å²) in [6.45, 7) is 5.93. The lowest BCUT2D eigenvalue weighted by molar-refractivity contribution is -0.420. The topological polar surface area (TPSA) is 113 Å². The van der Waals surface area contributed by atoms with E-state index in [4.69, 9.17) is 14.2 Å². The van der Waals surface area contributed by atoms with E-state index in [1.54, 1.807) is 32.0 Å². The maximum Gasteiger partial charge on any atom is 0.338 e. The molecule has 1 heterocycles. The van der Waals surface area contributed by atoms with Crippen LogP contribution in [0.15, 0.2) is 66.7 Å². The Morgan fingerprint density at radius 1 is 1.06 bits per heavy atom. The van der Waals surface area contributed by atoms with Gasteiger partial charge in [-0.25, -0.2) is 4.79 Å². The van der Waals surface area contributed by atoms with Gasteiger partial charge in [0.15, 0.2) is 5.79 Å². The number of hydrogen-bond donors (Lipinski definition) is 1. The van der Waals surface area contributed by atoms with Gasteiger partial charge in [0.05, 0.1) is 18.1 Å². The van der Waals surface area contributed by atoms with E-state index in [0.717, 1.165) is 5.39 Å². The number of fused-ring (bicyclic) bond motifs is 1. The van der Waals surface area contributed by atoms with Gasteiger partial charge in [0, 0.05) is 11.1 Å². The van der Waals surface area contributed by atoms with E-state index in [9.17, 15) is 14.7 Å². The van der Waals surface area contributed by atoms with Crippen LogP contribution in [0.1, 0.15) is 53.1 Å². The summed E-state index contributed by atoms with van der Waals surface area (Å²) in [5.74, 6) is -2.86. The molecule has 1 aliphatic heterocycles. The minimum absolute atomic E-state index is 0.0123. The second-order valence-corrected chi connectivity index (χ2v) is 8.39. The Morgan fingerprint density at radius 3 is 2.12 bits per heavy atom. The Bertz CT molecular complexity index is 1110. The standard InChI is InChI=1S/C18H18O6.C8H11N/c1-18(2)23-10-13(24-18)9-22-17(21)15-8-12-6-4-3-5-11(12)7-14(15)16(19)20;1-7(9)8-5-3-2-4-6-8/h3-8,13H,9-10H2,1-2H3,(H,19,20);2-7H,9H2,1H3/t13-;7-/m10/s1. The highest BCUT2D eigenvalue weighted by Gasteiger charge is 2.33. The number of hydrogen-bond acceptors (Lipinski definition) is 6. The fourth-order valence-electron chi connectivity index (χ4n) is 3.45. The van der Waals surface area contributed by atoms with E-state index in [0.29, 0.717) is 18.0 Å². The van der Waals surface area contributed by atoms with Crippen LogP contribution >= 0.6 is 0 Å². The smallest absolute Gasteiger partial charge is 0.338 e. The average molecular weight is 452 g/mol. The van der Waals surface area contributed by atoms with Gasteiger partial charge in [0.2, 0.25) is 0 Å². The van der Waals surface area contributed by atoms with E-state index in [1.807, 2.05) is 24.3 Å². The molecule has 33 heavy (non-hydrogen) atoms. The van der Waals surface area contributed by atoms with Gasteiger partial charge < -0.3 is 29.8 Å². The van der Waals surface area contributed by atoms with Gasteiger partial charge in [-0.1, -0.05) is 54.6 Å². The number of carbonyl (C=O) groups excluding carboxylic acids is 2. The normalized spacial score (nSPS) is 17.6. The Balaban J connectivity index is 0.000000286. The predicted molar refractivity (Wildman–Crippen MR) is 121 cm³/mol. The van der Waals surface area contributed by atoms with Crippen LogP contribution in [0.5, 0.6) is 0 Å². The van der Waals surface area contributed by atoms with E-state index in [-0.39, 0.29) is 23.8 Å². The molecule has 4 rings (SSSR count). The lowest BCUT2D eigenvalue weighted by Crippen LogP contribution is -2.51. The van der Waals surface area contributed by atoms with Crippen LogP contribution in [-0.4, -0.2) is 37.0 Å². The lowest BCUT2D eigenvalue weighted by Gasteiger charge is -2.17. The number of carboxylic acid groups (broad SMARTS) is 1. The van der Waals surface area contributed by atoms with E-state index in [2.05, 4.69) is 24.8 Å². The number of aromatic carboxylic acids is 1. The quantitative estimate of drug-likeness (QED) is 0.597. The zero-order valence-electron chi connectivity index (χ0n) is 19.1. The zero-order chi connectivity index (χ0) is 24.0. The maximum absolute atomic E-state index is 12.3. The van der Waals surface area contributed by atoms with Crippen LogP contribution < -0.4 is 10.8 Å². The predicted octanol–water partition coefficient (Wildman–Crippen LogP) is 2.50. The van der Waals surface area contributed by atoms with Crippen molar-refractivity contribution in [1.82, 2.24) is 0 Å². The van der Waals surface area contributed by atoms with Crippen molar-refractivity contribution < 1.29 is 34.6 Å². The molecule has 0 amide bonds. The van der Waals surface area contributed by atoms with Crippen molar-refractivity contribution in [3.8, 4) is 0 Å². The molecule has 3 N–H and O–H groups in total. The molecule has 0 saturated carbocycles. The molecule has 7 nitrogen and oxygen atoms in total. The first-order chi connectivity index (χ1) is 15.7. The summed E-state index contributed by atoms with van der Waals surface area (Å²) >= 11 is 0. The molecule has 1 fully saturated rings. The SMILES string of the molecule is CC1(C)OC[C@@H](COC(=O)c2cc3ccccc3cc2C(=O)[O-])O1.C[C@H]([NH3+])c1ccccc1. The van der Waals surface area contributed by atoms with Gasteiger partial charge in [-0.3, -0.25) is 0 Å². The van der Waals surface area contributed by atoms with Crippen LogP contribution in [0.25, 0.3) is 10.8 Å². The summed E-state index contributed by atoms with van der Waals surface area (Å²) in [7, 11) is 0. The number of quaternary nitrogens is 1. The first-order valence-electron chi connectivity index (χ1n) is 10.8. The lowest BCUT2D eigenvalue weighted by atomic mass is 10.0. The van der Waals surface area contributed by atoms with Crippen LogP contribution in [0.4, 0.5) is 0 Å². The molecule has 174 valence electrons. The summed E-state index contributed by atoms with van der Waals surface area (Å²) in [4.78, 5) is 23.7. The van der Waals surface area contributed by atoms with E-state index >= 15 is 0 Å². The van der Waals surface area contributed by atoms with Crippen molar-refractivity contribution in [2.75, 3.05) is 13.2 Å². The third-order valence-electron chi connectivity index (χ3n) is 5.16. The molecule has 1 saturated heterocycles. The minimum Gasteiger partial charge on any atom is -0.545 e. The number of esters is 1. The van der Waals surface area contributed by atoms with Crippen LogP contribution in [0.2, 0.25) is 0 Å². The first-order valence-corrected chi connectivity index (χ1v) is 10.8. The van der Waals surface area contributed by atoms with Gasteiger partial charge in [-0.05, 0) is 43.7 Å². The highest BCUT2D eigenvalue weighted by Crippen LogP contribution is 2.24. The Kier molecular flexibility index (Phi) is 7.81. The number of rotatable bonds is 5. The van der Waals surface area contributed by atoms with Gasteiger partial charge in [0.1, 0.15) is 18.8 Å². The molecule has 0 bridgehead atoms. The molecule has 3 aromatic carbocycles. The summed E-state index contributed by atoms with van der Waals surface area (Å²) in [6, 6.07) is 20.8. The largest absolute Gasteiger partial charge is 0.545 e. The van der Waals surface area contributed by atoms with Crippen LogP contribution in [0, 0.1) is 0 Å². The minimum atomic E-state index is -1.42. The highest BCUT2D eigenvalue weighted by molar-refractivity contribution is 6.06. The van der Waals surface area contributed by atoms with Crippen molar-refractivity contribution in [3.05, 3.63) is 83.4 Å². The number of benzene rings is 3. The Labute approximate surface area is 193 Å². The van der Waals surface area contributed by atoms with E-state index < -0.39 is 17.7 Å². The molecule has 0 aromatic heterocycles. The van der Waals surface area contributed by atoms with Gasteiger partial charge >= 0.3 is 5.97 Å². The van der Waals surface area contributed by atoms with Crippen LogP contribution in [-0.2, 0) is 14.2 Å². The molecule has 7 heteroatoms. The molecular formula is C26H29NO6. The summed E-state index contributed by atoms with van der Waals surface area (Å²) in [5, 5.41) is 12.8. The van der Waals surface area contributed by atoms with E-state index in [1.165, 1.54) is 17.7 Å². The Morgan fingerprint density at radius 2 is 1.64 bits per heavy atom. The Hall–Kier alpha value is -3.26. The second-order valence-electron chi connectivity index (χ2n) is 8.39. The zero-order valence-corrected chi connectivity index (χ0v) is 19.1. The second kappa shape index (κ2) is 10.6. The van der Waals surface area contributed by atoms with Gasteiger partial charge in [-0.2, -0.15) is 0 Å². The summed E-state index contributed by atoms with van der Waals surface area (Å²) in [5.41, 5.74) is 4.98. The molecule has 0 spiro atoms. The summed E-state index contributed by atoms with van der Waals surface area (Å²) in [6.07, 6.45) is -0.379. The fourth-order valence-corrected chi connectivity index (χ4v) is 3.45.